The zero-order valence-corrected chi connectivity index (χ0v) is 12.7. The summed E-state index contributed by atoms with van der Waals surface area (Å²) in [5.74, 6) is 2.61. The molecule has 1 aromatic carbocycles. The Morgan fingerprint density at radius 1 is 1.20 bits per heavy atom. The van der Waals surface area contributed by atoms with Gasteiger partial charge in [0.05, 0.1) is 7.11 Å². The lowest BCUT2D eigenvalue weighted by atomic mass is 10.1. The maximum absolute atomic E-state index is 5.43. The molecule has 0 unspecified atom stereocenters. The van der Waals surface area contributed by atoms with Crippen molar-refractivity contribution in [3.8, 4) is 5.75 Å². The van der Waals surface area contributed by atoms with Crippen molar-refractivity contribution in [2.75, 3.05) is 7.11 Å². The van der Waals surface area contributed by atoms with Gasteiger partial charge in [0.15, 0.2) is 5.11 Å². The Bertz CT molecular complexity index is 454. The highest BCUT2D eigenvalue weighted by molar-refractivity contribution is 7.80. The molecule has 3 rings (SSSR count). The minimum atomic E-state index is 0.617. The molecule has 1 aromatic rings. The van der Waals surface area contributed by atoms with Crippen molar-refractivity contribution in [1.82, 2.24) is 10.6 Å². The average Bonchev–Trinajstić information content (AvgIpc) is 3.36. The summed E-state index contributed by atoms with van der Waals surface area (Å²) in [6.45, 7) is 0.762. The van der Waals surface area contributed by atoms with Gasteiger partial charge in [-0.25, -0.2) is 0 Å². The molecule has 0 saturated heterocycles. The van der Waals surface area contributed by atoms with Crippen molar-refractivity contribution < 1.29 is 4.74 Å². The SMILES string of the molecule is COc1ccc(CNC(=S)NC(C2CC2)C2CC2)cc1. The van der Waals surface area contributed by atoms with E-state index in [-0.39, 0.29) is 0 Å². The number of ether oxygens (including phenoxy) is 1. The molecule has 0 atom stereocenters. The Balaban J connectivity index is 1.45. The van der Waals surface area contributed by atoms with Crippen LogP contribution in [0.2, 0.25) is 0 Å². The van der Waals surface area contributed by atoms with Crippen LogP contribution in [0.4, 0.5) is 0 Å². The Labute approximate surface area is 126 Å². The van der Waals surface area contributed by atoms with Gasteiger partial charge in [0.25, 0.3) is 0 Å². The van der Waals surface area contributed by atoms with E-state index in [0.29, 0.717) is 6.04 Å². The molecule has 20 heavy (non-hydrogen) atoms. The van der Waals surface area contributed by atoms with Crippen LogP contribution < -0.4 is 15.4 Å². The van der Waals surface area contributed by atoms with Gasteiger partial charge in [-0.3, -0.25) is 0 Å². The molecule has 0 heterocycles. The Hall–Kier alpha value is -1.29. The van der Waals surface area contributed by atoms with Crippen molar-refractivity contribution in [1.29, 1.82) is 0 Å². The number of hydrogen-bond donors (Lipinski definition) is 2. The predicted molar refractivity (Wildman–Crippen MR) is 84.8 cm³/mol. The maximum atomic E-state index is 5.43. The quantitative estimate of drug-likeness (QED) is 0.789. The monoisotopic (exact) mass is 290 g/mol. The van der Waals surface area contributed by atoms with E-state index >= 15 is 0 Å². The molecular formula is C16H22N2OS. The molecule has 2 fully saturated rings. The van der Waals surface area contributed by atoms with Crippen molar-refractivity contribution in [2.45, 2.75) is 38.3 Å². The van der Waals surface area contributed by atoms with Gasteiger partial charge in [0.2, 0.25) is 0 Å². The zero-order valence-electron chi connectivity index (χ0n) is 11.9. The van der Waals surface area contributed by atoms with Crippen molar-refractivity contribution in [3.63, 3.8) is 0 Å². The van der Waals surface area contributed by atoms with Crippen LogP contribution >= 0.6 is 12.2 Å². The summed E-state index contributed by atoms with van der Waals surface area (Å²) in [5.41, 5.74) is 1.21. The van der Waals surface area contributed by atoms with E-state index in [1.807, 2.05) is 12.1 Å². The number of methoxy groups -OCH3 is 1. The highest BCUT2D eigenvalue weighted by atomic mass is 32.1. The second kappa shape index (κ2) is 6.00. The maximum Gasteiger partial charge on any atom is 0.166 e. The van der Waals surface area contributed by atoms with E-state index in [2.05, 4.69) is 22.8 Å². The molecule has 2 N–H and O–H groups in total. The molecule has 3 nitrogen and oxygen atoms in total. The number of thiocarbonyl (C=S) groups is 1. The lowest BCUT2D eigenvalue weighted by molar-refractivity contribution is 0.414. The van der Waals surface area contributed by atoms with Crippen molar-refractivity contribution in [2.24, 2.45) is 11.8 Å². The van der Waals surface area contributed by atoms with Crippen LogP contribution in [0.5, 0.6) is 5.75 Å². The van der Waals surface area contributed by atoms with Gasteiger partial charge >= 0.3 is 0 Å². The van der Waals surface area contributed by atoms with Crippen LogP contribution in [0.3, 0.4) is 0 Å². The van der Waals surface area contributed by atoms with E-state index in [9.17, 15) is 0 Å². The van der Waals surface area contributed by atoms with Gasteiger partial charge in [-0.2, -0.15) is 0 Å². The molecular weight excluding hydrogens is 268 g/mol. The number of hydrogen-bond acceptors (Lipinski definition) is 2. The second-order valence-corrected chi connectivity index (χ2v) is 6.28. The van der Waals surface area contributed by atoms with Crippen LogP contribution in [0.15, 0.2) is 24.3 Å². The standard InChI is InChI=1S/C16H22N2OS/c1-19-14-8-2-11(3-9-14)10-17-16(20)18-15(12-4-5-12)13-6-7-13/h2-3,8-9,12-13,15H,4-7,10H2,1H3,(H2,17,18,20). The van der Waals surface area contributed by atoms with Crippen LogP contribution in [0.25, 0.3) is 0 Å². The molecule has 4 heteroatoms. The first-order valence-corrected chi connectivity index (χ1v) is 7.84. The first kappa shape index (κ1) is 13.7. The molecule has 0 spiro atoms. The normalized spacial score (nSPS) is 17.9. The molecule has 2 aliphatic rings. The molecule has 108 valence electrons. The van der Waals surface area contributed by atoms with Crippen LogP contribution in [0.1, 0.15) is 31.2 Å². The minimum Gasteiger partial charge on any atom is -0.497 e. The molecule has 0 bridgehead atoms. The first-order valence-electron chi connectivity index (χ1n) is 7.43. The van der Waals surface area contributed by atoms with Gasteiger partial charge < -0.3 is 15.4 Å². The van der Waals surface area contributed by atoms with Crippen LogP contribution in [-0.2, 0) is 6.54 Å². The third-order valence-electron chi connectivity index (χ3n) is 4.17. The van der Waals surface area contributed by atoms with Gasteiger partial charge in [-0.1, -0.05) is 12.1 Å². The summed E-state index contributed by atoms with van der Waals surface area (Å²) in [4.78, 5) is 0. The first-order chi connectivity index (χ1) is 9.76. The highest BCUT2D eigenvalue weighted by Crippen LogP contribution is 2.44. The topological polar surface area (TPSA) is 33.3 Å². The summed E-state index contributed by atoms with van der Waals surface area (Å²) < 4.78 is 5.16. The third kappa shape index (κ3) is 3.63. The van der Waals surface area contributed by atoms with Crippen molar-refractivity contribution >= 4 is 17.3 Å². The third-order valence-corrected chi connectivity index (χ3v) is 4.43. The van der Waals surface area contributed by atoms with E-state index < -0.39 is 0 Å². The lowest BCUT2D eigenvalue weighted by Gasteiger charge is -2.20. The summed E-state index contributed by atoms with van der Waals surface area (Å²) in [7, 11) is 1.68. The van der Waals surface area contributed by atoms with E-state index in [0.717, 1.165) is 29.2 Å². The fourth-order valence-corrected chi connectivity index (χ4v) is 2.87. The largest absolute Gasteiger partial charge is 0.497 e. The summed E-state index contributed by atoms with van der Waals surface area (Å²) in [5, 5.41) is 7.64. The van der Waals surface area contributed by atoms with Gasteiger partial charge in [-0.05, 0) is 67.4 Å². The highest BCUT2D eigenvalue weighted by Gasteiger charge is 2.41. The molecule has 2 aliphatic carbocycles. The number of benzene rings is 1. The Morgan fingerprint density at radius 3 is 2.30 bits per heavy atom. The Morgan fingerprint density at radius 2 is 1.80 bits per heavy atom. The zero-order chi connectivity index (χ0) is 13.9. The second-order valence-electron chi connectivity index (χ2n) is 5.88. The molecule has 0 radical (unpaired) electrons. The van der Waals surface area contributed by atoms with E-state index in [1.165, 1.54) is 31.2 Å². The Kier molecular flexibility index (Phi) is 4.10. The minimum absolute atomic E-state index is 0.617. The number of rotatable bonds is 6. The van der Waals surface area contributed by atoms with E-state index in [4.69, 9.17) is 17.0 Å². The fourth-order valence-electron chi connectivity index (χ4n) is 2.66. The molecule has 0 aromatic heterocycles. The van der Waals surface area contributed by atoms with E-state index in [1.54, 1.807) is 7.11 Å². The number of nitrogens with one attached hydrogen (secondary N) is 2. The van der Waals surface area contributed by atoms with Gasteiger partial charge in [0.1, 0.15) is 5.75 Å². The van der Waals surface area contributed by atoms with Crippen LogP contribution in [-0.4, -0.2) is 18.3 Å². The molecule has 0 aliphatic heterocycles. The van der Waals surface area contributed by atoms with Crippen LogP contribution in [0, 0.1) is 11.8 Å². The summed E-state index contributed by atoms with van der Waals surface area (Å²) >= 11 is 5.43. The van der Waals surface area contributed by atoms with Gasteiger partial charge in [0, 0.05) is 12.6 Å². The fraction of sp³-hybridized carbons (Fsp3) is 0.562. The van der Waals surface area contributed by atoms with Crippen molar-refractivity contribution in [3.05, 3.63) is 29.8 Å². The summed E-state index contributed by atoms with van der Waals surface area (Å²) in [6, 6.07) is 8.70. The molecule has 2 saturated carbocycles. The molecule has 0 amide bonds. The predicted octanol–water partition coefficient (Wildman–Crippen LogP) is 2.85. The summed E-state index contributed by atoms with van der Waals surface area (Å²) in [6.07, 6.45) is 5.48. The van der Waals surface area contributed by atoms with Gasteiger partial charge in [-0.15, -0.1) is 0 Å². The average molecular weight is 290 g/mol. The smallest absolute Gasteiger partial charge is 0.166 e. The lowest BCUT2D eigenvalue weighted by Crippen LogP contribution is -2.43.